The van der Waals surface area contributed by atoms with E-state index in [9.17, 15) is 9.59 Å². The minimum atomic E-state index is -1.01. The lowest BCUT2D eigenvalue weighted by Crippen LogP contribution is -2.40. The molecule has 1 aliphatic rings. The Bertz CT molecular complexity index is 461. The smallest absolute Gasteiger partial charge is 0.324 e. The third-order valence-electron chi connectivity index (χ3n) is 2.48. The molecular formula is C10H12BrN3O3S. The molecule has 0 aliphatic heterocycles. The van der Waals surface area contributed by atoms with Gasteiger partial charge in [-0.25, -0.2) is 9.78 Å². The van der Waals surface area contributed by atoms with Crippen LogP contribution in [-0.4, -0.2) is 40.1 Å². The van der Waals surface area contributed by atoms with Gasteiger partial charge in [0.15, 0.2) is 5.13 Å². The molecule has 2 amide bonds. The van der Waals surface area contributed by atoms with Crippen molar-refractivity contribution in [3.63, 3.8) is 0 Å². The zero-order valence-electron chi connectivity index (χ0n) is 9.43. The van der Waals surface area contributed by atoms with E-state index in [0.717, 1.165) is 16.6 Å². The highest BCUT2D eigenvalue weighted by Gasteiger charge is 2.28. The van der Waals surface area contributed by atoms with E-state index in [1.807, 2.05) is 0 Å². The van der Waals surface area contributed by atoms with E-state index >= 15 is 0 Å². The molecule has 1 fully saturated rings. The van der Waals surface area contributed by atoms with Crippen LogP contribution >= 0.6 is 27.3 Å². The Labute approximate surface area is 116 Å². The van der Waals surface area contributed by atoms with Crippen molar-refractivity contribution in [1.82, 2.24) is 9.88 Å². The highest BCUT2D eigenvalue weighted by Crippen LogP contribution is 2.30. The van der Waals surface area contributed by atoms with Gasteiger partial charge >= 0.3 is 12.0 Å². The summed E-state index contributed by atoms with van der Waals surface area (Å²) in [5.74, 6) is -0.566. The highest BCUT2D eigenvalue weighted by atomic mass is 79.9. The van der Waals surface area contributed by atoms with Crippen molar-refractivity contribution in [2.24, 2.45) is 5.92 Å². The number of aliphatic carboxylic acids is 1. The second-order valence-electron chi connectivity index (χ2n) is 4.12. The number of nitrogens with zero attached hydrogens (tertiary/aromatic N) is 2. The predicted octanol–water partition coefficient (Wildman–Crippen LogP) is 2.23. The molecule has 1 aliphatic carbocycles. The summed E-state index contributed by atoms with van der Waals surface area (Å²) in [6.07, 6.45) is 3.71. The number of carbonyl (C=O) groups is 2. The number of hydrogen-bond donors (Lipinski definition) is 2. The summed E-state index contributed by atoms with van der Waals surface area (Å²) < 4.78 is 0.810. The first-order chi connectivity index (χ1) is 8.54. The van der Waals surface area contributed by atoms with Crippen LogP contribution in [0.5, 0.6) is 0 Å². The SMILES string of the molecule is O=C(O)CN(CC1CC1)C(=O)Nc1ncc(Br)s1. The average Bonchev–Trinajstić information content (AvgIpc) is 3.00. The number of halogens is 1. The van der Waals surface area contributed by atoms with Crippen LogP contribution in [0.2, 0.25) is 0 Å². The number of amides is 2. The fourth-order valence-corrected chi connectivity index (χ4v) is 2.57. The summed E-state index contributed by atoms with van der Waals surface area (Å²) in [4.78, 5) is 27.9. The molecule has 0 spiro atoms. The monoisotopic (exact) mass is 333 g/mol. The molecule has 0 radical (unpaired) electrons. The Morgan fingerprint density at radius 2 is 2.33 bits per heavy atom. The van der Waals surface area contributed by atoms with Gasteiger partial charge in [-0.3, -0.25) is 10.1 Å². The van der Waals surface area contributed by atoms with Crippen LogP contribution in [0.1, 0.15) is 12.8 Å². The number of anilines is 1. The third kappa shape index (κ3) is 3.95. The van der Waals surface area contributed by atoms with Crippen LogP contribution in [0.15, 0.2) is 9.98 Å². The fourth-order valence-electron chi connectivity index (χ4n) is 1.48. The molecule has 98 valence electrons. The number of urea groups is 1. The van der Waals surface area contributed by atoms with E-state index in [1.54, 1.807) is 6.20 Å². The lowest BCUT2D eigenvalue weighted by atomic mass is 10.4. The second-order valence-corrected chi connectivity index (χ2v) is 6.53. The standard InChI is InChI=1S/C10H12BrN3O3S/c11-7-3-12-9(18-7)13-10(17)14(5-8(15)16)4-6-1-2-6/h3,6H,1-2,4-5H2,(H,15,16)(H,12,13,17). The first-order valence-corrected chi connectivity index (χ1v) is 7.04. The van der Waals surface area contributed by atoms with Crippen molar-refractivity contribution in [1.29, 1.82) is 0 Å². The van der Waals surface area contributed by atoms with Crippen molar-refractivity contribution >= 4 is 44.4 Å². The summed E-state index contributed by atoms with van der Waals surface area (Å²) in [6.45, 7) is 0.208. The van der Waals surface area contributed by atoms with Gasteiger partial charge in [0.1, 0.15) is 6.54 Å². The number of nitrogens with one attached hydrogen (secondary N) is 1. The molecule has 0 atom stereocenters. The van der Waals surface area contributed by atoms with Gasteiger partial charge in [0.2, 0.25) is 0 Å². The molecule has 0 saturated heterocycles. The topological polar surface area (TPSA) is 82.5 Å². The zero-order valence-corrected chi connectivity index (χ0v) is 11.8. The summed E-state index contributed by atoms with van der Waals surface area (Å²) >= 11 is 4.53. The summed E-state index contributed by atoms with van der Waals surface area (Å²) in [5.41, 5.74) is 0. The number of thiazole rings is 1. The lowest BCUT2D eigenvalue weighted by molar-refractivity contribution is -0.137. The number of aromatic nitrogens is 1. The van der Waals surface area contributed by atoms with Crippen LogP contribution in [-0.2, 0) is 4.79 Å². The fraction of sp³-hybridized carbons (Fsp3) is 0.500. The summed E-state index contributed by atoms with van der Waals surface area (Å²) in [7, 11) is 0. The Morgan fingerprint density at radius 1 is 1.61 bits per heavy atom. The lowest BCUT2D eigenvalue weighted by Gasteiger charge is -2.20. The quantitative estimate of drug-likeness (QED) is 0.865. The van der Waals surface area contributed by atoms with Crippen LogP contribution in [0.4, 0.5) is 9.93 Å². The Morgan fingerprint density at radius 3 is 2.83 bits per heavy atom. The Balaban J connectivity index is 1.95. The molecule has 2 rings (SSSR count). The maximum atomic E-state index is 11.9. The van der Waals surface area contributed by atoms with Gasteiger partial charge in [0, 0.05) is 6.54 Å². The number of carbonyl (C=O) groups excluding carboxylic acids is 1. The zero-order chi connectivity index (χ0) is 13.1. The van der Waals surface area contributed by atoms with Crippen LogP contribution in [0.25, 0.3) is 0 Å². The molecule has 1 aromatic heterocycles. The van der Waals surface area contributed by atoms with E-state index in [2.05, 4.69) is 26.2 Å². The predicted molar refractivity (Wildman–Crippen MR) is 70.8 cm³/mol. The van der Waals surface area contributed by atoms with Crippen molar-refractivity contribution in [3.8, 4) is 0 Å². The number of hydrogen-bond acceptors (Lipinski definition) is 4. The van der Waals surface area contributed by atoms with Gasteiger partial charge in [-0.05, 0) is 34.7 Å². The van der Waals surface area contributed by atoms with Crippen molar-refractivity contribution in [2.45, 2.75) is 12.8 Å². The molecule has 1 heterocycles. The molecular weight excluding hydrogens is 322 g/mol. The van der Waals surface area contributed by atoms with Crippen molar-refractivity contribution in [3.05, 3.63) is 9.98 Å². The maximum Gasteiger partial charge on any atom is 0.324 e. The average molecular weight is 334 g/mol. The van der Waals surface area contributed by atoms with E-state index in [1.165, 1.54) is 16.2 Å². The number of rotatable bonds is 5. The van der Waals surface area contributed by atoms with E-state index in [-0.39, 0.29) is 6.54 Å². The second kappa shape index (κ2) is 5.66. The molecule has 1 aromatic rings. The Kier molecular flexibility index (Phi) is 4.18. The summed E-state index contributed by atoms with van der Waals surface area (Å²) in [6, 6.07) is -0.411. The first-order valence-electron chi connectivity index (χ1n) is 5.43. The minimum Gasteiger partial charge on any atom is -0.480 e. The van der Waals surface area contributed by atoms with Gasteiger partial charge < -0.3 is 10.0 Å². The molecule has 0 unspecified atom stereocenters. The van der Waals surface area contributed by atoms with E-state index in [4.69, 9.17) is 5.11 Å². The Hall–Kier alpha value is -1.15. The van der Waals surface area contributed by atoms with Gasteiger partial charge in [-0.15, -0.1) is 0 Å². The molecule has 6 nitrogen and oxygen atoms in total. The molecule has 2 N–H and O–H groups in total. The molecule has 8 heteroatoms. The van der Waals surface area contributed by atoms with Crippen LogP contribution in [0.3, 0.4) is 0 Å². The highest BCUT2D eigenvalue weighted by molar-refractivity contribution is 9.11. The first kappa shape index (κ1) is 13.3. The number of carboxylic acids is 1. The van der Waals surface area contributed by atoms with Crippen LogP contribution in [0, 0.1) is 5.92 Å². The molecule has 0 bridgehead atoms. The molecule has 0 aromatic carbocycles. The number of carboxylic acid groups (broad SMARTS) is 1. The van der Waals surface area contributed by atoms with Gasteiger partial charge in [0.25, 0.3) is 0 Å². The largest absolute Gasteiger partial charge is 0.480 e. The van der Waals surface area contributed by atoms with E-state index in [0.29, 0.717) is 17.6 Å². The molecule has 18 heavy (non-hydrogen) atoms. The van der Waals surface area contributed by atoms with Gasteiger partial charge in [0.05, 0.1) is 9.98 Å². The van der Waals surface area contributed by atoms with Gasteiger partial charge in [-0.2, -0.15) is 0 Å². The maximum absolute atomic E-state index is 11.9. The van der Waals surface area contributed by atoms with Crippen molar-refractivity contribution < 1.29 is 14.7 Å². The van der Waals surface area contributed by atoms with Crippen molar-refractivity contribution in [2.75, 3.05) is 18.4 Å². The summed E-state index contributed by atoms with van der Waals surface area (Å²) in [5, 5.41) is 11.9. The van der Waals surface area contributed by atoms with E-state index < -0.39 is 12.0 Å². The normalized spacial score (nSPS) is 14.3. The molecule has 1 saturated carbocycles. The third-order valence-corrected chi connectivity index (χ3v) is 3.87. The van der Waals surface area contributed by atoms with Crippen LogP contribution < -0.4 is 5.32 Å². The van der Waals surface area contributed by atoms with Gasteiger partial charge in [-0.1, -0.05) is 11.3 Å². The minimum absolute atomic E-state index is 0.283.